The summed E-state index contributed by atoms with van der Waals surface area (Å²) in [6, 6.07) is 5.07. The number of hydrogen-bond acceptors (Lipinski definition) is 2. The quantitative estimate of drug-likeness (QED) is 0.885. The SMILES string of the molecule is Cc1ccc([C@H](C)N)c(OCCC(F)(F)F)c1. The van der Waals surface area contributed by atoms with Gasteiger partial charge < -0.3 is 10.5 Å². The van der Waals surface area contributed by atoms with E-state index in [0.717, 1.165) is 11.1 Å². The Labute approximate surface area is 98.6 Å². The molecule has 96 valence electrons. The number of benzene rings is 1. The number of nitrogens with two attached hydrogens (primary N) is 1. The third-order valence-corrected chi connectivity index (χ3v) is 2.30. The van der Waals surface area contributed by atoms with Crippen molar-refractivity contribution in [3.05, 3.63) is 29.3 Å². The Hall–Kier alpha value is -1.23. The van der Waals surface area contributed by atoms with Gasteiger partial charge in [-0.2, -0.15) is 13.2 Å². The first-order valence-corrected chi connectivity index (χ1v) is 5.35. The molecule has 0 aliphatic rings. The van der Waals surface area contributed by atoms with Crippen LogP contribution in [0.1, 0.15) is 30.5 Å². The van der Waals surface area contributed by atoms with Gasteiger partial charge in [-0.3, -0.25) is 0 Å². The number of ether oxygens (including phenoxy) is 1. The second-order valence-electron chi connectivity index (χ2n) is 4.04. The average Bonchev–Trinajstić information content (AvgIpc) is 2.15. The first-order chi connectivity index (χ1) is 7.79. The van der Waals surface area contributed by atoms with Crippen LogP contribution in [-0.4, -0.2) is 12.8 Å². The Balaban J connectivity index is 2.72. The van der Waals surface area contributed by atoms with Gasteiger partial charge in [0, 0.05) is 11.6 Å². The van der Waals surface area contributed by atoms with Crippen molar-refractivity contribution in [1.29, 1.82) is 0 Å². The van der Waals surface area contributed by atoms with E-state index in [4.69, 9.17) is 10.5 Å². The van der Waals surface area contributed by atoms with Gasteiger partial charge in [0.15, 0.2) is 0 Å². The molecule has 1 aromatic carbocycles. The molecule has 1 atom stereocenters. The van der Waals surface area contributed by atoms with Crippen LogP contribution in [0.5, 0.6) is 5.75 Å². The maximum Gasteiger partial charge on any atom is 0.392 e. The van der Waals surface area contributed by atoms with Crippen LogP contribution in [0.15, 0.2) is 18.2 Å². The molecule has 0 saturated carbocycles. The first kappa shape index (κ1) is 13.8. The van der Waals surface area contributed by atoms with Gasteiger partial charge in [-0.25, -0.2) is 0 Å². The topological polar surface area (TPSA) is 35.2 Å². The summed E-state index contributed by atoms with van der Waals surface area (Å²) in [5.74, 6) is 0.434. The van der Waals surface area contributed by atoms with Crippen molar-refractivity contribution in [2.24, 2.45) is 5.73 Å². The molecule has 17 heavy (non-hydrogen) atoms. The van der Waals surface area contributed by atoms with Crippen molar-refractivity contribution in [1.82, 2.24) is 0 Å². The number of aryl methyl sites for hydroxylation is 1. The predicted octanol–water partition coefficient (Wildman–Crippen LogP) is 3.35. The zero-order valence-electron chi connectivity index (χ0n) is 9.84. The maximum atomic E-state index is 12.0. The molecule has 0 aliphatic heterocycles. The molecule has 0 aromatic heterocycles. The summed E-state index contributed by atoms with van der Waals surface area (Å²) in [7, 11) is 0. The minimum atomic E-state index is -4.20. The molecule has 0 bridgehead atoms. The van der Waals surface area contributed by atoms with Crippen LogP contribution >= 0.6 is 0 Å². The lowest BCUT2D eigenvalue weighted by Crippen LogP contribution is -2.14. The van der Waals surface area contributed by atoms with E-state index in [0.29, 0.717) is 5.75 Å². The first-order valence-electron chi connectivity index (χ1n) is 5.35. The normalized spacial score (nSPS) is 13.5. The van der Waals surface area contributed by atoms with Crippen molar-refractivity contribution in [2.75, 3.05) is 6.61 Å². The lowest BCUT2D eigenvalue weighted by molar-refractivity contribution is -0.139. The van der Waals surface area contributed by atoms with Crippen LogP contribution in [0, 0.1) is 6.92 Å². The van der Waals surface area contributed by atoms with E-state index in [-0.39, 0.29) is 12.6 Å². The lowest BCUT2D eigenvalue weighted by atomic mass is 10.1. The molecule has 0 amide bonds. The van der Waals surface area contributed by atoms with E-state index in [1.165, 1.54) is 0 Å². The molecule has 0 unspecified atom stereocenters. The van der Waals surface area contributed by atoms with Gasteiger partial charge >= 0.3 is 6.18 Å². The third-order valence-electron chi connectivity index (χ3n) is 2.30. The summed E-state index contributed by atoms with van der Waals surface area (Å²) >= 11 is 0. The zero-order chi connectivity index (χ0) is 13.1. The molecular formula is C12H16F3NO. The second kappa shape index (κ2) is 5.40. The van der Waals surface area contributed by atoms with Gasteiger partial charge in [0.2, 0.25) is 0 Å². The van der Waals surface area contributed by atoms with Crippen molar-refractivity contribution >= 4 is 0 Å². The van der Waals surface area contributed by atoms with Crippen LogP contribution in [-0.2, 0) is 0 Å². The molecule has 1 rings (SSSR count). The largest absolute Gasteiger partial charge is 0.493 e. The third kappa shape index (κ3) is 4.65. The van der Waals surface area contributed by atoms with Crippen molar-refractivity contribution in [3.8, 4) is 5.75 Å². The Morgan fingerprint density at radius 1 is 1.35 bits per heavy atom. The Morgan fingerprint density at radius 3 is 2.53 bits per heavy atom. The average molecular weight is 247 g/mol. The number of halogens is 3. The van der Waals surface area contributed by atoms with Crippen LogP contribution < -0.4 is 10.5 Å². The van der Waals surface area contributed by atoms with E-state index in [1.807, 2.05) is 13.0 Å². The minimum absolute atomic E-state index is 0.267. The van der Waals surface area contributed by atoms with E-state index < -0.39 is 12.6 Å². The predicted molar refractivity (Wildman–Crippen MR) is 59.9 cm³/mol. The minimum Gasteiger partial charge on any atom is -0.493 e. The molecule has 2 N–H and O–H groups in total. The molecule has 0 heterocycles. The van der Waals surface area contributed by atoms with Gasteiger partial charge in [0.05, 0.1) is 13.0 Å². The molecule has 1 aromatic rings. The standard InChI is InChI=1S/C12H16F3NO/c1-8-3-4-10(9(2)16)11(7-8)17-6-5-12(13,14)15/h3-4,7,9H,5-6,16H2,1-2H3/t9-/m0/s1. The smallest absolute Gasteiger partial charge is 0.392 e. The van der Waals surface area contributed by atoms with Crippen LogP contribution in [0.4, 0.5) is 13.2 Å². The van der Waals surface area contributed by atoms with Gasteiger partial charge in [-0.1, -0.05) is 12.1 Å². The van der Waals surface area contributed by atoms with Gasteiger partial charge in [0.1, 0.15) is 5.75 Å². The van der Waals surface area contributed by atoms with Crippen molar-refractivity contribution in [2.45, 2.75) is 32.5 Å². The monoisotopic (exact) mass is 247 g/mol. The van der Waals surface area contributed by atoms with Crippen molar-refractivity contribution < 1.29 is 17.9 Å². The maximum absolute atomic E-state index is 12.0. The summed E-state index contributed by atoms with van der Waals surface area (Å²) < 4.78 is 41.1. The van der Waals surface area contributed by atoms with Gasteiger partial charge in [-0.05, 0) is 25.5 Å². The van der Waals surface area contributed by atoms with Gasteiger partial charge in [0.25, 0.3) is 0 Å². The van der Waals surface area contributed by atoms with Gasteiger partial charge in [-0.15, -0.1) is 0 Å². The van der Waals surface area contributed by atoms with E-state index in [2.05, 4.69) is 0 Å². The molecule has 0 radical (unpaired) electrons. The van der Waals surface area contributed by atoms with E-state index in [1.54, 1.807) is 19.1 Å². The lowest BCUT2D eigenvalue weighted by Gasteiger charge is -2.15. The summed E-state index contributed by atoms with van der Waals surface area (Å²) in [5.41, 5.74) is 7.37. The molecule has 0 fully saturated rings. The summed E-state index contributed by atoms with van der Waals surface area (Å²) in [4.78, 5) is 0. The summed E-state index contributed by atoms with van der Waals surface area (Å²) in [6.45, 7) is 3.23. The fraction of sp³-hybridized carbons (Fsp3) is 0.500. The highest BCUT2D eigenvalue weighted by Crippen LogP contribution is 2.26. The Bertz CT molecular complexity index is 375. The Morgan fingerprint density at radius 2 is 2.00 bits per heavy atom. The van der Waals surface area contributed by atoms with Crippen LogP contribution in [0.2, 0.25) is 0 Å². The number of hydrogen-bond donors (Lipinski definition) is 1. The fourth-order valence-electron chi connectivity index (χ4n) is 1.42. The van der Waals surface area contributed by atoms with E-state index >= 15 is 0 Å². The van der Waals surface area contributed by atoms with E-state index in [9.17, 15) is 13.2 Å². The van der Waals surface area contributed by atoms with Crippen LogP contribution in [0.3, 0.4) is 0 Å². The summed E-state index contributed by atoms with van der Waals surface area (Å²) in [6.07, 6.45) is -5.16. The second-order valence-corrected chi connectivity index (χ2v) is 4.04. The fourth-order valence-corrected chi connectivity index (χ4v) is 1.42. The van der Waals surface area contributed by atoms with Crippen molar-refractivity contribution in [3.63, 3.8) is 0 Å². The zero-order valence-corrected chi connectivity index (χ0v) is 9.84. The highest BCUT2D eigenvalue weighted by atomic mass is 19.4. The molecule has 0 spiro atoms. The summed E-state index contributed by atoms with van der Waals surface area (Å²) in [5, 5.41) is 0. The molecule has 5 heteroatoms. The molecular weight excluding hydrogens is 231 g/mol. The highest BCUT2D eigenvalue weighted by molar-refractivity contribution is 5.38. The Kier molecular flexibility index (Phi) is 4.40. The number of alkyl halides is 3. The molecule has 0 aliphatic carbocycles. The number of rotatable bonds is 4. The molecule has 2 nitrogen and oxygen atoms in total. The van der Waals surface area contributed by atoms with Crippen LogP contribution in [0.25, 0.3) is 0 Å². The highest BCUT2D eigenvalue weighted by Gasteiger charge is 2.27. The molecule has 0 saturated heterocycles.